The van der Waals surface area contributed by atoms with Gasteiger partial charge in [0.1, 0.15) is 5.75 Å². The molecule has 0 unspecified atom stereocenters. The van der Waals surface area contributed by atoms with E-state index in [2.05, 4.69) is 0 Å². The van der Waals surface area contributed by atoms with Gasteiger partial charge in [-0.05, 0) is 24.3 Å². The molecule has 0 fully saturated rings. The summed E-state index contributed by atoms with van der Waals surface area (Å²) >= 11 is 0. The standard InChI is InChI=1S/C15H13N3O3/c1-20-14-6-9(8-16)2-5-12(14)21-13-7-10(17)3-4-11(13)15(18)19/h2-7H,17H2,1H3,(H2,18,19). The van der Waals surface area contributed by atoms with Gasteiger partial charge in [0.2, 0.25) is 0 Å². The molecule has 0 atom stereocenters. The maximum Gasteiger partial charge on any atom is 0.252 e. The topological polar surface area (TPSA) is 111 Å². The van der Waals surface area contributed by atoms with E-state index in [9.17, 15) is 4.79 Å². The second kappa shape index (κ2) is 5.84. The Labute approximate surface area is 121 Å². The Morgan fingerprint density at radius 3 is 2.52 bits per heavy atom. The molecule has 2 rings (SSSR count). The van der Waals surface area contributed by atoms with E-state index in [1.54, 1.807) is 18.2 Å². The van der Waals surface area contributed by atoms with E-state index >= 15 is 0 Å². The zero-order chi connectivity index (χ0) is 15.4. The molecule has 0 radical (unpaired) electrons. The summed E-state index contributed by atoms with van der Waals surface area (Å²) in [5.41, 5.74) is 12.1. The van der Waals surface area contributed by atoms with E-state index in [0.29, 0.717) is 22.7 Å². The highest BCUT2D eigenvalue weighted by Crippen LogP contribution is 2.34. The molecule has 2 aromatic carbocycles. The van der Waals surface area contributed by atoms with Crippen molar-refractivity contribution in [3.63, 3.8) is 0 Å². The van der Waals surface area contributed by atoms with Crippen LogP contribution in [0.15, 0.2) is 36.4 Å². The highest BCUT2D eigenvalue weighted by atomic mass is 16.5. The summed E-state index contributed by atoms with van der Waals surface area (Å²) in [6.07, 6.45) is 0. The number of benzene rings is 2. The number of hydrogen-bond acceptors (Lipinski definition) is 5. The lowest BCUT2D eigenvalue weighted by molar-refractivity contribution is 0.0998. The highest BCUT2D eigenvalue weighted by molar-refractivity contribution is 5.96. The highest BCUT2D eigenvalue weighted by Gasteiger charge is 2.13. The lowest BCUT2D eigenvalue weighted by atomic mass is 10.1. The molecule has 0 saturated heterocycles. The van der Waals surface area contributed by atoms with Gasteiger partial charge in [-0.2, -0.15) is 5.26 Å². The van der Waals surface area contributed by atoms with Gasteiger partial charge in [0.15, 0.2) is 11.5 Å². The van der Waals surface area contributed by atoms with E-state index in [-0.39, 0.29) is 11.3 Å². The zero-order valence-corrected chi connectivity index (χ0v) is 11.3. The molecule has 0 aliphatic rings. The first kappa shape index (κ1) is 14.2. The van der Waals surface area contributed by atoms with E-state index in [1.165, 1.54) is 25.3 Å². The van der Waals surface area contributed by atoms with Crippen molar-refractivity contribution in [3.05, 3.63) is 47.5 Å². The quantitative estimate of drug-likeness (QED) is 0.834. The molecule has 6 heteroatoms. The van der Waals surface area contributed by atoms with E-state index in [1.807, 2.05) is 6.07 Å². The average molecular weight is 283 g/mol. The Morgan fingerprint density at radius 1 is 1.14 bits per heavy atom. The van der Waals surface area contributed by atoms with Crippen LogP contribution in [0.2, 0.25) is 0 Å². The molecule has 0 aromatic heterocycles. The minimum atomic E-state index is -0.627. The molecule has 0 aliphatic heterocycles. The second-order valence-electron chi connectivity index (χ2n) is 4.20. The minimum Gasteiger partial charge on any atom is -0.493 e. The summed E-state index contributed by atoms with van der Waals surface area (Å²) in [6.45, 7) is 0. The molecule has 0 spiro atoms. The van der Waals surface area contributed by atoms with E-state index in [0.717, 1.165) is 0 Å². The molecule has 0 aliphatic carbocycles. The van der Waals surface area contributed by atoms with Crippen molar-refractivity contribution in [2.75, 3.05) is 12.8 Å². The fourth-order valence-electron chi connectivity index (χ4n) is 1.77. The number of methoxy groups -OCH3 is 1. The average Bonchev–Trinajstić information content (AvgIpc) is 2.47. The van der Waals surface area contributed by atoms with Crippen molar-refractivity contribution in [2.45, 2.75) is 0 Å². The zero-order valence-electron chi connectivity index (χ0n) is 11.3. The maximum absolute atomic E-state index is 11.4. The predicted molar refractivity (Wildman–Crippen MR) is 77.2 cm³/mol. The number of anilines is 1. The summed E-state index contributed by atoms with van der Waals surface area (Å²) in [5.74, 6) is 0.319. The Bertz CT molecular complexity index is 735. The number of carbonyl (C=O) groups is 1. The van der Waals surface area contributed by atoms with Crippen LogP contribution in [-0.4, -0.2) is 13.0 Å². The van der Waals surface area contributed by atoms with Crippen molar-refractivity contribution in [2.24, 2.45) is 5.73 Å². The second-order valence-corrected chi connectivity index (χ2v) is 4.20. The first-order chi connectivity index (χ1) is 10.0. The number of nitrogens with two attached hydrogens (primary N) is 2. The predicted octanol–water partition coefficient (Wildman–Crippen LogP) is 2.04. The molecule has 21 heavy (non-hydrogen) atoms. The van der Waals surface area contributed by atoms with E-state index < -0.39 is 5.91 Å². The van der Waals surface area contributed by atoms with Crippen molar-refractivity contribution in [1.82, 2.24) is 0 Å². The Morgan fingerprint density at radius 2 is 1.90 bits per heavy atom. The third kappa shape index (κ3) is 3.04. The largest absolute Gasteiger partial charge is 0.493 e. The van der Waals surface area contributed by atoms with Gasteiger partial charge in [-0.1, -0.05) is 0 Å². The number of carbonyl (C=O) groups excluding carboxylic acids is 1. The molecule has 6 nitrogen and oxygen atoms in total. The summed E-state index contributed by atoms with van der Waals surface area (Å²) in [6, 6.07) is 11.2. The number of primary amides is 1. The van der Waals surface area contributed by atoms with Gasteiger partial charge in [-0.15, -0.1) is 0 Å². The van der Waals surface area contributed by atoms with Crippen LogP contribution in [-0.2, 0) is 0 Å². The minimum absolute atomic E-state index is 0.204. The van der Waals surface area contributed by atoms with Crippen LogP contribution in [0, 0.1) is 11.3 Å². The van der Waals surface area contributed by atoms with Gasteiger partial charge in [0, 0.05) is 17.8 Å². The Kier molecular flexibility index (Phi) is 3.95. The van der Waals surface area contributed by atoms with Crippen LogP contribution in [0.25, 0.3) is 0 Å². The molecule has 4 N–H and O–H groups in total. The SMILES string of the molecule is COc1cc(C#N)ccc1Oc1cc(N)ccc1C(N)=O. The smallest absolute Gasteiger partial charge is 0.252 e. The van der Waals surface area contributed by atoms with Crippen LogP contribution in [0.4, 0.5) is 5.69 Å². The fourth-order valence-corrected chi connectivity index (χ4v) is 1.77. The lowest BCUT2D eigenvalue weighted by Crippen LogP contribution is -2.12. The molecular weight excluding hydrogens is 270 g/mol. The molecule has 2 aromatic rings. The van der Waals surface area contributed by atoms with E-state index in [4.69, 9.17) is 26.2 Å². The summed E-state index contributed by atoms with van der Waals surface area (Å²) in [5, 5.41) is 8.87. The molecule has 1 amide bonds. The third-order valence-corrected chi connectivity index (χ3v) is 2.78. The van der Waals surface area contributed by atoms with Crippen molar-refractivity contribution >= 4 is 11.6 Å². The summed E-state index contributed by atoms with van der Waals surface area (Å²) in [7, 11) is 1.46. The van der Waals surface area contributed by atoms with Crippen molar-refractivity contribution in [1.29, 1.82) is 5.26 Å². The Hall–Kier alpha value is -3.20. The molecule has 0 bridgehead atoms. The van der Waals surface area contributed by atoms with Crippen LogP contribution in [0.1, 0.15) is 15.9 Å². The number of amides is 1. The lowest BCUT2D eigenvalue weighted by Gasteiger charge is -2.13. The first-order valence-corrected chi connectivity index (χ1v) is 6.00. The number of nitriles is 1. The van der Waals surface area contributed by atoms with Gasteiger partial charge in [-0.25, -0.2) is 0 Å². The molecular formula is C15H13N3O3. The number of hydrogen-bond donors (Lipinski definition) is 2. The van der Waals surface area contributed by atoms with Gasteiger partial charge in [0.25, 0.3) is 5.91 Å². The van der Waals surface area contributed by atoms with Crippen LogP contribution < -0.4 is 20.9 Å². The number of ether oxygens (including phenoxy) is 2. The number of nitrogen functional groups attached to an aromatic ring is 1. The third-order valence-electron chi connectivity index (χ3n) is 2.78. The van der Waals surface area contributed by atoms with Crippen LogP contribution >= 0.6 is 0 Å². The monoisotopic (exact) mass is 283 g/mol. The van der Waals surface area contributed by atoms with Gasteiger partial charge in [0.05, 0.1) is 24.3 Å². The number of rotatable bonds is 4. The first-order valence-electron chi connectivity index (χ1n) is 6.00. The summed E-state index contributed by atoms with van der Waals surface area (Å²) < 4.78 is 10.8. The van der Waals surface area contributed by atoms with Crippen molar-refractivity contribution in [3.8, 4) is 23.3 Å². The van der Waals surface area contributed by atoms with Crippen molar-refractivity contribution < 1.29 is 14.3 Å². The van der Waals surface area contributed by atoms with Crippen LogP contribution in [0.5, 0.6) is 17.2 Å². The van der Waals surface area contributed by atoms with Gasteiger partial charge >= 0.3 is 0 Å². The van der Waals surface area contributed by atoms with Crippen LogP contribution in [0.3, 0.4) is 0 Å². The molecule has 106 valence electrons. The Balaban J connectivity index is 2.45. The molecule has 0 saturated carbocycles. The fraction of sp³-hybridized carbons (Fsp3) is 0.0667. The number of nitrogens with zero attached hydrogens (tertiary/aromatic N) is 1. The van der Waals surface area contributed by atoms with Gasteiger partial charge in [-0.3, -0.25) is 4.79 Å². The maximum atomic E-state index is 11.4. The van der Waals surface area contributed by atoms with Gasteiger partial charge < -0.3 is 20.9 Å². The normalized spacial score (nSPS) is 9.71. The molecule has 0 heterocycles. The summed E-state index contributed by atoms with van der Waals surface area (Å²) in [4.78, 5) is 11.4.